The molecule has 0 amide bonds. The molecule has 0 atom stereocenters. The molecule has 62 valence electrons. The van der Waals surface area contributed by atoms with Gasteiger partial charge in [0.15, 0.2) is 0 Å². The third-order valence-corrected chi connectivity index (χ3v) is 1.74. The van der Waals surface area contributed by atoms with Crippen LogP contribution in [0.25, 0.3) is 12.2 Å². The lowest BCUT2D eigenvalue weighted by Gasteiger charge is -2.01. The van der Waals surface area contributed by atoms with Crippen molar-refractivity contribution in [3.05, 3.63) is 47.7 Å². The molecule has 1 aromatic carbocycles. The van der Waals surface area contributed by atoms with E-state index in [2.05, 4.69) is 25.6 Å². The summed E-state index contributed by atoms with van der Waals surface area (Å²) in [5.41, 5.74) is 8.77. The Balaban J connectivity index is 3.19. The molecule has 1 aromatic rings. The van der Waals surface area contributed by atoms with Gasteiger partial charge in [-0.1, -0.05) is 36.4 Å². The number of nitrogens with two attached hydrogens (primary N) is 1. The minimum Gasteiger partial charge on any atom is -0.405 e. The number of benzene rings is 1. The number of hydrogen-bond acceptors (Lipinski definition) is 1. The van der Waals surface area contributed by atoms with Gasteiger partial charge in [-0.05, 0) is 30.3 Å². The Bertz CT molecular complexity index is 311. The Labute approximate surface area is 73.2 Å². The van der Waals surface area contributed by atoms with Crippen molar-refractivity contribution < 1.29 is 0 Å². The van der Waals surface area contributed by atoms with Gasteiger partial charge in [0.25, 0.3) is 0 Å². The fourth-order valence-corrected chi connectivity index (χ4v) is 1.13. The van der Waals surface area contributed by atoms with Gasteiger partial charge in [0.2, 0.25) is 0 Å². The Hall–Kier alpha value is -1.50. The molecule has 0 saturated carbocycles. The van der Waals surface area contributed by atoms with Crippen LogP contribution >= 0.6 is 0 Å². The van der Waals surface area contributed by atoms with Crippen LogP contribution in [0.3, 0.4) is 0 Å². The third-order valence-electron chi connectivity index (χ3n) is 1.74. The van der Waals surface area contributed by atoms with Crippen molar-refractivity contribution in [3.8, 4) is 0 Å². The van der Waals surface area contributed by atoms with E-state index >= 15 is 0 Å². The molecular weight excluding hydrogens is 146 g/mol. The molecule has 0 aliphatic carbocycles. The Morgan fingerprint density at radius 1 is 1.33 bits per heavy atom. The van der Waals surface area contributed by atoms with Gasteiger partial charge in [0.1, 0.15) is 0 Å². The first-order valence-electron chi connectivity index (χ1n) is 3.89. The number of aryl methyl sites for hydroxylation is 1. The van der Waals surface area contributed by atoms with E-state index in [0.717, 1.165) is 11.1 Å². The lowest BCUT2D eigenvalue weighted by atomic mass is 10.0. The average Bonchev–Trinajstić information content (AvgIpc) is 2.08. The standard InChI is InChI=1S/C11H13N/c1-3-10-8-9(2)4-5-11(10)6-7-12/h3-8H,1,12H2,2H3/b7-6-. The second kappa shape index (κ2) is 3.77. The molecule has 0 aliphatic rings. The summed E-state index contributed by atoms with van der Waals surface area (Å²) in [7, 11) is 0. The highest BCUT2D eigenvalue weighted by Crippen LogP contribution is 2.13. The lowest BCUT2D eigenvalue weighted by molar-refractivity contribution is 1.44. The Morgan fingerprint density at radius 2 is 2.08 bits per heavy atom. The van der Waals surface area contributed by atoms with Gasteiger partial charge in [-0.3, -0.25) is 0 Å². The molecule has 1 nitrogen and oxygen atoms in total. The maximum absolute atomic E-state index is 5.31. The van der Waals surface area contributed by atoms with Crippen molar-refractivity contribution in [2.45, 2.75) is 6.92 Å². The van der Waals surface area contributed by atoms with Gasteiger partial charge in [0.05, 0.1) is 0 Å². The average molecular weight is 159 g/mol. The smallest absolute Gasteiger partial charge is 0.00561 e. The molecular formula is C11H13N. The van der Waals surface area contributed by atoms with E-state index in [1.54, 1.807) is 0 Å². The molecule has 0 fully saturated rings. The fourth-order valence-electron chi connectivity index (χ4n) is 1.13. The minimum absolute atomic E-state index is 1.11. The van der Waals surface area contributed by atoms with Crippen LogP contribution in [0.5, 0.6) is 0 Å². The van der Waals surface area contributed by atoms with E-state index in [4.69, 9.17) is 5.73 Å². The SMILES string of the molecule is C=Cc1cc(C)ccc1/C=C\N. The first-order valence-corrected chi connectivity index (χ1v) is 3.89. The minimum atomic E-state index is 1.11. The maximum Gasteiger partial charge on any atom is -0.00561 e. The molecule has 1 rings (SSSR count). The van der Waals surface area contributed by atoms with Crippen LogP contribution in [-0.4, -0.2) is 0 Å². The van der Waals surface area contributed by atoms with Crippen LogP contribution in [0.2, 0.25) is 0 Å². The van der Waals surface area contributed by atoms with Crippen molar-refractivity contribution >= 4 is 12.2 Å². The van der Waals surface area contributed by atoms with E-state index in [-0.39, 0.29) is 0 Å². The first-order chi connectivity index (χ1) is 5.77. The van der Waals surface area contributed by atoms with Gasteiger partial charge >= 0.3 is 0 Å². The van der Waals surface area contributed by atoms with E-state index < -0.39 is 0 Å². The van der Waals surface area contributed by atoms with Gasteiger partial charge in [-0.25, -0.2) is 0 Å². The summed E-state index contributed by atoms with van der Waals surface area (Å²) < 4.78 is 0. The number of hydrogen-bond donors (Lipinski definition) is 1. The molecule has 0 radical (unpaired) electrons. The highest BCUT2D eigenvalue weighted by Gasteiger charge is 1.94. The quantitative estimate of drug-likeness (QED) is 0.705. The summed E-state index contributed by atoms with van der Waals surface area (Å²) in [5.74, 6) is 0. The highest BCUT2D eigenvalue weighted by molar-refractivity contribution is 5.64. The van der Waals surface area contributed by atoms with Crippen molar-refractivity contribution in [1.29, 1.82) is 0 Å². The predicted molar refractivity (Wildman–Crippen MR) is 54.5 cm³/mol. The zero-order valence-corrected chi connectivity index (χ0v) is 7.25. The Kier molecular flexibility index (Phi) is 2.70. The monoisotopic (exact) mass is 159 g/mol. The molecule has 1 heteroatoms. The largest absolute Gasteiger partial charge is 0.405 e. The van der Waals surface area contributed by atoms with Crippen molar-refractivity contribution in [1.82, 2.24) is 0 Å². The molecule has 0 heterocycles. The number of rotatable bonds is 2. The molecule has 0 unspecified atom stereocenters. The zero-order chi connectivity index (χ0) is 8.97. The van der Waals surface area contributed by atoms with Crippen molar-refractivity contribution in [2.75, 3.05) is 0 Å². The summed E-state index contributed by atoms with van der Waals surface area (Å²) in [6, 6.07) is 6.18. The van der Waals surface area contributed by atoms with E-state index in [9.17, 15) is 0 Å². The van der Waals surface area contributed by atoms with Crippen LogP contribution in [0.15, 0.2) is 31.0 Å². The molecule has 0 bridgehead atoms. The molecule has 2 N–H and O–H groups in total. The third kappa shape index (κ3) is 1.76. The van der Waals surface area contributed by atoms with Crippen LogP contribution in [-0.2, 0) is 0 Å². The van der Waals surface area contributed by atoms with Crippen molar-refractivity contribution in [2.24, 2.45) is 5.73 Å². The molecule has 0 saturated heterocycles. The van der Waals surface area contributed by atoms with Crippen LogP contribution < -0.4 is 5.73 Å². The van der Waals surface area contributed by atoms with Gasteiger partial charge < -0.3 is 5.73 Å². The summed E-state index contributed by atoms with van der Waals surface area (Å²) in [6.07, 6.45) is 5.25. The molecule has 0 aliphatic heterocycles. The molecule has 0 spiro atoms. The first kappa shape index (κ1) is 8.60. The normalized spacial score (nSPS) is 10.4. The Morgan fingerprint density at radius 3 is 2.67 bits per heavy atom. The van der Waals surface area contributed by atoms with Gasteiger partial charge in [-0.2, -0.15) is 0 Å². The summed E-state index contributed by atoms with van der Waals surface area (Å²) in [6.45, 7) is 5.80. The van der Waals surface area contributed by atoms with E-state index in [1.165, 1.54) is 11.8 Å². The molecule has 12 heavy (non-hydrogen) atoms. The second-order valence-corrected chi connectivity index (χ2v) is 2.70. The van der Waals surface area contributed by atoms with Crippen LogP contribution in [0, 0.1) is 6.92 Å². The predicted octanol–water partition coefficient (Wildman–Crippen LogP) is 2.57. The summed E-state index contributed by atoms with van der Waals surface area (Å²) >= 11 is 0. The second-order valence-electron chi connectivity index (χ2n) is 2.70. The van der Waals surface area contributed by atoms with Crippen LogP contribution in [0.4, 0.5) is 0 Å². The lowest BCUT2D eigenvalue weighted by Crippen LogP contribution is -1.84. The van der Waals surface area contributed by atoms with Crippen LogP contribution in [0.1, 0.15) is 16.7 Å². The zero-order valence-electron chi connectivity index (χ0n) is 7.25. The molecule has 0 aromatic heterocycles. The van der Waals surface area contributed by atoms with Crippen molar-refractivity contribution in [3.63, 3.8) is 0 Å². The highest BCUT2D eigenvalue weighted by atomic mass is 14.5. The fraction of sp³-hybridized carbons (Fsp3) is 0.0909. The van der Waals surface area contributed by atoms with E-state index in [0.29, 0.717) is 0 Å². The summed E-state index contributed by atoms with van der Waals surface area (Å²) in [5, 5.41) is 0. The van der Waals surface area contributed by atoms with E-state index in [1.807, 2.05) is 18.2 Å². The summed E-state index contributed by atoms with van der Waals surface area (Å²) in [4.78, 5) is 0. The maximum atomic E-state index is 5.31. The van der Waals surface area contributed by atoms with Gasteiger partial charge in [-0.15, -0.1) is 0 Å². The van der Waals surface area contributed by atoms with Gasteiger partial charge in [0, 0.05) is 0 Å². The topological polar surface area (TPSA) is 26.0 Å².